The Morgan fingerprint density at radius 3 is 2.67 bits per heavy atom. The van der Waals surface area contributed by atoms with E-state index in [2.05, 4.69) is 9.62 Å². The van der Waals surface area contributed by atoms with Crippen molar-refractivity contribution in [3.05, 3.63) is 23.0 Å². The second-order valence-electron chi connectivity index (χ2n) is 5.34. The summed E-state index contributed by atoms with van der Waals surface area (Å²) in [5.41, 5.74) is 5.64. The molecule has 3 N–H and O–H groups in total. The molecule has 1 unspecified atom stereocenters. The monoisotopic (exact) mass is 335 g/mol. The number of halogens is 2. The van der Waals surface area contributed by atoms with Gasteiger partial charge >= 0.3 is 0 Å². The number of rotatable bonds is 5. The molecule has 0 aromatic heterocycles. The van der Waals surface area contributed by atoms with Crippen molar-refractivity contribution < 1.29 is 12.8 Å². The van der Waals surface area contributed by atoms with E-state index in [9.17, 15) is 12.8 Å². The molecule has 2 rings (SSSR count). The van der Waals surface area contributed by atoms with Gasteiger partial charge in [-0.05, 0) is 45.0 Å². The van der Waals surface area contributed by atoms with E-state index >= 15 is 0 Å². The lowest BCUT2D eigenvalue weighted by Crippen LogP contribution is -2.41. The summed E-state index contributed by atoms with van der Waals surface area (Å²) in [6.07, 6.45) is 2.25. The summed E-state index contributed by atoms with van der Waals surface area (Å²) in [6, 6.07) is 1.93. The molecule has 21 heavy (non-hydrogen) atoms. The number of nitrogens with two attached hydrogens (primary N) is 1. The van der Waals surface area contributed by atoms with E-state index in [1.54, 1.807) is 6.92 Å². The van der Waals surface area contributed by atoms with Crippen molar-refractivity contribution in [2.45, 2.75) is 30.7 Å². The lowest BCUT2D eigenvalue weighted by molar-refractivity contribution is 0.312. The summed E-state index contributed by atoms with van der Waals surface area (Å²) in [7, 11) is -3.99. The highest BCUT2D eigenvalue weighted by molar-refractivity contribution is 7.89. The lowest BCUT2D eigenvalue weighted by atomic mass is 10.3. The number of nitrogens with zero attached hydrogens (tertiary/aromatic N) is 1. The van der Waals surface area contributed by atoms with Crippen LogP contribution in [0.2, 0.25) is 5.02 Å². The average Bonchev–Trinajstić information content (AvgIpc) is 2.85. The van der Waals surface area contributed by atoms with Crippen molar-refractivity contribution >= 4 is 27.3 Å². The van der Waals surface area contributed by atoms with Gasteiger partial charge in [-0.25, -0.2) is 17.5 Å². The fourth-order valence-corrected chi connectivity index (χ4v) is 4.15. The number of nitrogens with one attached hydrogen (secondary N) is 1. The van der Waals surface area contributed by atoms with Crippen molar-refractivity contribution in [1.82, 2.24) is 9.62 Å². The number of sulfonamides is 1. The Hall–Kier alpha value is -0.890. The number of hydrogen-bond acceptors (Lipinski definition) is 4. The fourth-order valence-electron chi connectivity index (χ4n) is 2.50. The molecule has 0 saturated carbocycles. The maximum atomic E-state index is 13.9. The third-order valence-electron chi connectivity index (χ3n) is 3.39. The second kappa shape index (κ2) is 6.48. The molecular formula is C13H19ClFN3O2S. The quantitative estimate of drug-likeness (QED) is 0.805. The molecule has 0 amide bonds. The van der Waals surface area contributed by atoms with E-state index in [1.165, 1.54) is 6.07 Å². The standard InChI is InChI=1S/C13H19ClFN3O2S/c1-9(8-18-4-2-3-5-18)17-21(19,20)12-7-10(16)6-11(14)13(12)15/h6-7,9,17H,2-5,8,16H2,1H3. The van der Waals surface area contributed by atoms with E-state index in [0.717, 1.165) is 32.0 Å². The maximum Gasteiger partial charge on any atom is 0.243 e. The van der Waals surface area contributed by atoms with E-state index in [0.29, 0.717) is 6.54 Å². The van der Waals surface area contributed by atoms with Crippen LogP contribution >= 0.6 is 11.6 Å². The Morgan fingerprint density at radius 1 is 1.43 bits per heavy atom. The van der Waals surface area contributed by atoms with Gasteiger partial charge in [0, 0.05) is 18.3 Å². The largest absolute Gasteiger partial charge is 0.399 e. The summed E-state index contributed by atoms with van der Waals surface area (Å²) in [5, 5.41) is -0.303. The number of anilines is 1. The van der Waals surface area contributed by atoms with Gasteiger partial charge in [-0.15, -0.1) is 0 Å². The van der Waals surface area contributed by atoms with Crippen molar-refractivity contribution in [1.29, 1.82) is 0 Å². The highest BCUT2D eigenvalue weighted by Crippen LogP contribution is 2.25. The van der Waals surface area contributed by atoms with Crippen molar-refractivity contribution in [3.8, 4) is 0 Å². The first kappa shape index (κ1) is 16.5. The highest BCUT2D eigenvalue weighted by Gasteiger charge is 2.25. The zero-order valence-electron chi connectivity index (χ0n) is 11.8. The SMILES string of the molecule is CC(CN1CCCC1)NS(=O)(=O)c1cc(N)cc(Cl)c1F. The average molecular weight is 336 g/mol. The normalized spacial score (nSPS) is 18.0. The minimum Gasteiger partial charge on any atom is -0.399 e. The molecule has 1 aromatic rings. The van der Waals surface area contributed by atoms with Gasteiger partial charge in [0.15, 0.2) is 5.82 Å². The topological polar surface area (TPSA) is 75.4 Å². The first-order valence-corrected chi connectivity index (χ1v) is 8.65. The molecule has 1 heterocycles. The molecule has 0 radical (unpaired) electrons. The Morgan fingerprint density at radius 2 is 2.05 bits per heavy atom. The van der Waals surface area contributed by atoms with Crippen LogP contribution in [0.4, 0.5) is 10.1 Å². The van der Waals surface area contributed by atoms with Crippen LogP contribution in [0.5, 0.6) is 0 Å². The molecule has 1 aromatic carbocycles. The van der Waals surface area contributed by atoms with Gasteiger partial charge in [-0.1, -0.05) is 11.6 Å². The fraction of sp³-hybridized carbons (Fsp3) is 0.538. The van der Waals surface area contributed by atoms with Gasteiger partial charge < -0.3 is 10.6 Å². The molecule has 1 fully saturated rings. The van der Waals surface area contributed by atoms with Gasteiger partial charge in [-0.2, -0.15) is 0 Å². The summed E-state index contributed by atoms with van der Waals surface area (Å²) >= 11 is 5.64. The molecule has 0 spiro atoms. The van der Waals surface area contributed by atoms with Crippen molar-refractivity contribution in [2.75, 3.05) is 25.4 Å². The highest BCUT2D eigenvalue weighted by atomic mass is 35.5. The van der Waals surface area contributed by atoms with Crippen LogP contribution in [-0.4, -0.2) is 39.0 Å². The predicted octanol–water partition coefficient (Wildman–Crippen LogP) is 1.82. The molecule has 0 aliphatic carbocycles. The summed E-state index contributed by atoms with van der Waals surface area (Å²) in [4.78, 5) is 1.66. The molecule has 1 atom stereocenters. The number of likely N-dealkylation sites (tertiary alicyclic amines) is 1. The van der Waals surface area contributed by atoms with Crippen molar-refractivity contribution in [2.24, 2.45) is 0 Å². The van der Waals surface area contributed by atoms with E-state index < -0.39 is 20.7 Å². The van der Waals surface area contributed by atoms with Crippen LogP contribution in [0.3, 0.4) is 0 Å². The first-order valence-electron chi connectivity index (χ1n) is 6.79. The Bertz CT molecular complexity index is 618. The molecule has 1 aliphatic heterocycles. The number of benzene rings is 1. The summed E-state index contributed by atoms with van der Waals surface area (Å²) < 4.78 is 40.9. The maximum absolute atomic E-state index is 13.9. The minimum absolute atomic E-state index is 0.106. The van der Waals surface area contributed by atoms with Gasteiger partial charge in [0.05, 0.1) is 5.02 Å². The van der Waals surface area contributed by atoms with E-state index in [4.69, 9.17) is 17.3 Å². The van der Waals surface area contributed by atoms with Gasteiger partial charge in [0.25, 0.3) is 0 Å². The van der Waals surface area contributed by atoms with Crippen LogP contribution in [0, 0.1) is 5.82 Å². The smallest absolute Gasteiger partial charge is 0.243 e. The second-order valence-corrected chi connectivity index (χ2v) is 7.43. The Balaban J connectivity index is 2.14. The van der Waals surface area contributed by atoms with Crippen molar-refractivity contribution in [3.63, 3.8) is 0 Å². The third kappa shape index (κ3) is 4.06. The van der Waals surface area contributed by atoms with Crippen LogP contribution in [0.1, 0.15) is 19.8 Å². The van der Waals surface area contributed by atoms with Crippen LogP contribution < -0.4 is 10.5 Å². The predicted molar refractivity (Wildman–Crippen MR) is 81.3 cm³/mol. The molecule has 8 heteroatoms. The van der Waals surface area contributed by atoms with Crippen LogP contribution in [-0.2, 0) is 10.0 Å². The Kier molecular flexibility index (Phi) is 5.08. The van der Waals surface area contributed by atoms with E-state index in [-0.39, 0.29) is 16.8 Å². The number of hydrogen-bond donors (Lipinski definition) is 2. The lowest BCUT2D eigenvalue weighted by Gasteiger charge is -2.21. The molecule has 0 bridgehead atoms. The van der Waals surface area contributed by atoms with Gasteiger partial charge in [-0.3, -0.25) is 0 Å². The Labute approximate surface area is 129 Å². The third-order valence-corrected chi connectivity index (χ3v) is 5.26. The molecule has 1 saturated heterocycles. The summed E-state index contributed by atoms with van der Waals surface area (Å²) in [6.45, 7) is 4.27. The van der Waals surface area contributed by atoms with Crippen LogP contribution in [0.15, 0.2) is 17.0 Å². The zero-order valence-corrected chi connectivity index (χ0v) is 13.3. The summed E-state index contributed by atoms with van der Waals surface area (Å²) in [5.74, 6) is -0.980. The molecule has 1 aliphatic rings. The van der Waals surface area contributed by atoms with Gasteiger partial charge in [0.1, 0.15) is 4.90 Å². The first-order chi connectivity index (χ1) is 9.79. The van der Waals surface area contributed by atoms with E-state index in [1.807, 2.05) is 0 Å². The zero-order chi connectivity index (χ0) is 15.6. The number of nitrogen functional groups attached to an aromatic ring is 1. The van der Waals surface area contributed by atoms with Crippen LogP contribution in [0.25, 0.3) is 0 Å². The molecule has 5 nitrogen and oxygen atoms in total. The van der Waals surface area contributed by atoms with Gasteiger partial charge in [0.2, 0.25) is 10.0 Å². The molecular weight excluding hydrogens is 317 g/mol. The minimum atomic E-state index is -3.99. The molecule has 118 valence electrons.